The van der Waals surface area contributed by atoms with Gasteiger partial charge in [-0.25, -0.2) is 13.1 Å². The van der Waals surface area contributed by atoms with Crippen molar-refractivity contribution in [1.82, 2.24) is 15.4 Å². The monoisotopic (exact) mass is 514 g/mol. The van der Waals surface area contributed by atoms with Crippen LogP contribution in [-0.4, -0.2) is 53.4 Å². The standard InChI is InChI=1S/C20H46N4O2S.3ClH/c1-2-3-4-5-6-7-8-11-20-27(25,26)24-19-13-18-23-16-10-9-15-22-17-12-14-21;;;/h22-24H,2-21H2,1H3;3*1H. The highest BCUT2D eigenvalue weighted by atomic mass is 35.5. The maximum absolute atomic E-state index is 11.9. The first-order valence-corrected chi connectivity index (χ1v) is 12.9. The Kier molecular flexibility index (Phi) is 37.5. The largest absolute Gasteiger partial charge is 0.330 e. The molecule has 0 spiro atoms. The maximum atomic E-state index is 11.9. The molecule has 0 aromatic heterocycles. The van der Waals surface area contributed by atoms with Crippen molar-refractivity contribution in [3.8, 4) is 0 Å². The van der Waals surface area contributed by atoms with E-state index in [9.17, 15) is 8.42 Å². The molecular formula is C20H49Cl3N4O2S. The van der Waals surface area contributed by atoms with Gasteiger partial charge in [0.25, 0.3) is 0 Å². The topological polar surface area (TPSA) is 96.2 Å². The molecule has 0 saturated carbocycles. The zero-order chi connectivity index (χ0) is 20.1. The number of nitrogens with two attached hydrogens (primary N) is 1. The molecule has 5 N–H and O–H groups in total. The average Bonchev–Trinajstić information content (AvgIpc) is 2.64. The molecule has 0 atom stereocenters. The van der Waals surface area contributed by atoms with Crippen molar-refractivity contribution in [2.24, 2.45) is 5.73 Å². The summed E-state index contributed by atoms with van der Waals surface area (Å²) in [6, 6.07) is 0. The Morgan fingerprint density at radius 3 is 1.60 bits per heavy atom. The van der Waals surface area contributed by atoms with E-state index in [1.54, 1.807) is 0 Å². The first kappa shape index (κ1) is 37.9. The summed E-state index contributed by atoms with van der Waals surface area (Å²) in [5.74, 6) is 0.270. The molecule has 10 heteroatoms. The third-order valence-electron chi connectivity index (χ3n) is 4.63. The molecule has 6 nitrogen and oxygen atoms in total. The van der Waals surface area contributed by atoms with Gasteiger partial charge >= 0.3 is 0 Å². The third-order valence-corrected chi connectivity index (χ3v) is 6.10. The number of unbranched alkanes of at least 4 members (excludes halogenated alkanes) is 8. The molecule has 188 valence electrons. The zero-order valence-electron chi connectivity index (χ0n) is 19.0. The predicted octanol–water partition coefficient (Wildman–Crippen LogP) is 4.01. The predicted molar refractivity (Wildman–Crippen MR) is 139 cm³/mol. The van der Waals surface area contributed by atoms with E-state index in [0.29, 0.717) is 6.54 Å². The van der Waals surface area contributed by atoms with Crippen LogP contribution in [0.1, 0.15) is 84.0 Å². The van der Waals surface area contributed by atoms with Gasteiger partial charge in [0.1, 0.15) is 0 Å². The van der Waals surface area contributed by atoms with Crippen LogP contribution >= 0.6 is 37.2 Å². The second-order valence-corrected chi connectivity index (χ2v) is 9.32. The fourth-order valence-corrected chi connectivity index (χ4v) is 4.10. The van der Waals surface area contributed by atoms with Crippen molar-refractivity contribution in [1.29, 1.82) is 0 Å². The van der Waals surface area contributed by atoms with Crippen molar-refractivity contribution in [2.75, 3.05) is 45.0 Å². The third kappa shape index (κ3) is 30.9. The first-order chi connectivity index (χ1) is 13.1. The summed E-state index contributed by atoms with van der Waals surface area (Å²) >= 11 is 0. The molecule has 0 bridgehead atoms. The molecule has 0 aliphatic carbocycles. The molecule has 30 heavy (non-hydrogen) atoms. The SMILES string of the molecule is CCCCCCCCCCS(=O)(=O)NCCCNCCCCNCCCN.Cl.Cl.Cl. The molecule has 0 aromatic rings. The molecule has 0 aromatic carbocycles. The smallest absolute Gasteiger partial charge is 0.211 e. The molecule has 0 heterocycles. The van der Waals surface area contributed by atoms with E-state index in [2.05, 4.69) is 22.3 Å². The van der Waals surface area contributed by atoms with Crippen LogP contribution in [0.2, 0.25) is 0 Å². The van der Waals surface area contributed by atoms with Gasteiger partial charge in [-0.1, -0.05) is 51.9 Å². The highest BCUT2D eigenvalue weighted by Crippen LogP contribution is 2.08. The molecule has 0 aliphatic rings. The lowest BCUT2D eigenvalue weighted by Crippen LogP contribution is -2.29. The van der Waals surface area contributed by atoms with Crippen LogP contribution in [0.3, 0.4) is 0 Å². The fraction of sp³-hybridized carbons (Fsp3) is 1.00. The van der Waals surface area contributed by atoms with Gasteiger partial charge in [0, 0.05) is 6.54 Å². The number of sulfonamides is 1. The van der Waals surface area contributed by atoms with Gasteiger partial charge in [0.15, 0.2) is 0 Å². The number of hydrogen-bond donors (Lipinski definition) is 4. The summed E-state index contributed by atoms with van der Waals surface area (Å²) in [6.45, 7) is 7.40. The van der Waals surface area contributed by atoms with Gasteiger partial charge in [0.2, 0.25) is 10.0 Å². The minimum Gasteiger partial charge on any atom is -0.330 e. The van der Waals surface area contributed by atoms with Crippen LogP contribution < -0.4 is 21.1 Å². The second kappa shape index (κ2) is 29.7. The molecular weight excluding hydrogens is 467 g/mol. The zero-order valence-corrected chi connectivity index (χ0v) is 22.2. The molecule has 0 saturated heterocycles. The number of nitrogens with one attached hydrogen (secondary N) is 3. The highest BCUT2D eigenvalue weighted by molar-refractivity contribution is 7.89. The Morgan fingerprint density at radius 2 is 1.07 bits per heavy atom. The van der Waals surface area contributed by atoms with Crippen LogP contribution in [0.5, 0.6) is 0 Å². The lowest BCUT2D eigenvalue weighted by molar-refractivity contribution is 0.553. The number of rotatable bonds is 22. The molecule has 0 rings (SSSR count). The molecule has 0 radical (unpaired) electrons. The van der Waals surface area contributed by atoms with Crippen LogP contribution in [-0.2, 0) is 10.0 Å². The Morgan fingerprint density at radius 1 is 0.600 bits per heavy atom. The van der Waals surface area contributed by atoms with E-state index in [1.165, 1.54) is 32.1 Å². The molecule has 0 aliphatic heterocycles. The summed E-state index contributed by atoms with van der Waals surface area (Å²) in [6.07, 6.45) is 13.6. The summed E-state index contributed by atoms with van der Waals surface area (Å²) in [4.78, 5) is 0. The van der Waals surface area contributed by atoms with Crippen LogP contribution in [0.15, 0.2) is 0 Å². The quantitative estimate of drug-likeness (QED) is 0.163. The summed E-state index contributed by atoms with van der Waals surface area (Å²) < 4.78 is 26.6. The molecule has 0 unspecified atom stereocenters. The normalized spacial score (nSPS) is 10.7. The van der Waals surface area contributed by atoms with Gasteiger partial charge < -0.3 is 16.4 Å². The molecule has 0 amide bonds. The van der Waals surface area contributed by atoms with Crippen molar-refractivity contribution >= 4 is 47.2 Å². The van der Waals surface area contributed by atoms with Crippen molar-refractivity contribution in [3.63, 3.8) is 0 Å². The minimum atomic E-state index is -3.09. The second-order valence-electron chi connectivity index (χ2n) is 7.39. The van der Waals surface area contributed by atoms with Crippen molar-refractivity contribution in [3.05, 3.63) is 0 Å². The van der Waals surface area contributed by atoms with Gasteiger partial charge in [-0.2, -0.15) is 0 Å². The van der Waals surface area contributed by atoms with E-state index in [1.807, 2.05) is 0 Å². The van der Waals surface area contributed by atoms with Gasteiger partial charge in [-0.05, 0) is 64.8 Å². The van der Waals surface area contributed by atoms with E-state index in [4.69, 9.17) is 5.73 Å². The van der Waals surface area contributed by atoms with Crippen molar-refractivity contribution in [2.45, 2.75) is 84.0 Å². The molecule has 0 fully saturated rings. The van der Waals surface area contributed by atoms with Gasteiger partial charge in [-0.3, -0.25) is 0 Å². The number of halogens is 3. The summed E-state index contributed by atoms with van der Waals surface area (Å²) in [5.41, 5.74) is 5.44. The van der Waals surface area contributed by atoms with Gasteiger partial charge in [0.05, 0.1) is 5.75 Å². The fourth-order valence-electron chi connectivity index (χ4n) is 2.92. The van der Waals surface area contributed by atoms with Crippen LogP contribution in [0.4, 0.5) is 0 Å². The Balaban J connectivity index is -0.00000113. The lowest BCUT2D eigenvalue weighted by Gasteiger charge is -2.08. The minimum absolute atomic E-state index is 0. The highest BCUT2D eigenvalue weighted by Gasteiger charge is 2.08. The summed E-state index contributed by atoms with van der Waals surface area (Å²) in [7, 11) is -3.09. The summed E-state index contributed by atoms with van der Waals surface area (Å²) in [5, 5.41) is 6.74. The van der Waals surface area contributed by atoms with E-state index < -0.39 is 10.0 Å². The van der Waals surface area contributed by atoms with Crippen LogP contribution in [0.25, 0.3) is 0 Å². The van der Waals surface area contributed by atoms with E-state index >= 15 is 0 Å². The Labute approximate surface area is 205 Å². The average molecular weight is 516 g/mol. The Bertz CT molecular complexity index is 406. The number of hydrogen-bond acceptors (Lipinski definition) is 5. The lowest BCUT2D eigenvalue weighted by atomic mass is 10.1. The first-order valence-electron chi connectivity index (χ1n) is 11.2. The van der Waals surface area contributed by atoms with Crippen molar-refractivity contribution < 1.29 is 8.42 Å². The van der Waals surface area contributed by atoms with Crippen LogP contribution in [0, 0.1) is 0 Å². The van der Waals surface area contributed by atoms with Gasteiger partial charge in [-0.15, -0.1) is 37.2 Å². The van der Waals surface area contributed by atoms with E-state index in [0.717, 1.165) is 77.7 Å². The van der Waals surface area contributed by atoms with E-state index in [-0.39, 0.29) is 43.0 Å². The maximum Gasteiger partial charge on any atom is 0.211 e. The Hall–Kier alpha value is 0.660.